The van der Waals surface area contributed by atoms with Crippen LogP contribution in [0, 0.1) is 12.3 Å². The summed E-state index contributed by atoms with van der Waals surface area (Å²) in [5.41, 5.74) is 2.62. The fraction of sp³-hybridized carbons (Fsp3) is 0.455. The molecular formula is C11H16N3O13P3. The number of anilines is 1. The molecule has 168 valence electrons. The van der Waals surface area contributed by atoms with Crippen molar-refractivity contribution in [3.8, 4) is 12.3 Å². The van der Waals surface area contributed by atoms with Gasteiger partial charge in [0.05, 0.1) is 12.7 Å². The predicted octanol–water partition coefficient (Wildman–Crippen LogP) is -1.40. The molecule has 1 saturated heterocycles. The molecule has 16 nitrogen and oxygen atoms in total. The number of aliphatic hydroxyl groups excluding tert-OH is 1. The van der Waals surface area contributed by atoms with Crippen molar-refractivity contribution in [2.24, 2.45) is 0 Å². The van der Waals surface area contributed by atoms with E-state index in [9.17, 15) is 28.5 Å². The number of aromatic nitrogens is 2. The fourth-order valence-corrected chi connectivity index (χ4v) is 5.45. The van der Waals surface area contributed by atoms with Crippen LogP contribution in [0.15, 0.2) is 17.1 Å². The van der Waals surface area contributed by atoms with Crippen LogP contribution in [0.2, 0.25) is 0 Å². The van der Waals surface area contributed by atoms with Crippen molar-refractivity contribution >= 4 is 29.3 Å². The van der Waals surface area contributed by atoms with E-state index in [1.807, 2.05) is 0 Å². The van der Waals surface area contributed by atoms with Gasteiger partial charge in [0.1, 0.15) is 11.9 Å². The molecule has 5 atom stereocenters. The maximum atomic E-state index is 12.0. The van der Waals surface area contributed by atoms with E-state index in [1.54, 1.807) is 0 Å². The highest BCUT2D eigenvalue weighted by molar-refractivity contribution is 7.66. The van der Waals surface area contributed by atoms with Crippen molar-refractivity contribution in [3.05, 3.63) is 22.7 Å². The van der Waals surface area contributed by atoms with E-state index in [-0.39, 0.29) is 12.2 Å². The van der Waals surface area contributed by atoms with Crippen molar-refractivity contribution in [2.75, 3.05) is 12.3 Å². The Bertz CT molecular complexity index is 1050. The van der Waals surface area contributed by atoms with Crippen LogP contribution in [0.3, 0.4) is 0 Å². The zero-order chi connectivity index (χ0) is 23.0. The van der Waals surface area contributed by atoms with E-state index in [0.29, 0.717) is 0 Å². The lowest BCUT2D eigenvalue weighted by atomic mass is 10.1. The quantitative estimate of drug-likeness (QED) is 0.181. The Hall–Kier alpha value is -1.43. The fourth-order valence-electron chi connectivity index (χ4n) is 2.42. The second kappa shape index (κ2) is 8.60. The first-order valence-corrected chi connectivity index (χ1v) is 12.1. The van der Waals surface area contributed by atoms with Crippen LogP contribution in [0.25, 0.3) is 0 Å². The molecule has 0 bridgehead atoms. The number of phosphoric ester groups is 1. The number of phosphoric acid groups is 3. The molecule has 1 aliphatic heterocycles. The molecule has 19 heteroatoms. The van der Waals surface area contributed by atoms with Crippen LogP contribution in [-0.4, -0.2) is 53.0 Å². The number of ether oxygens (including phenoxy) is 1. The summed E-state index contributed by atoms with van der Waals surface area (Å²) in [6.45, 7) is -0.953. The largest absolute Gasteiger partial charge is 0.490 e. The molecular weight excluding hydrogens is 475 g/mol. The lowest BCUT2D eigenvalue weighted by Gasteiger charge is -2.25. The summed E-state index contributed by atoms with van der Waals surface area (Å²) >= 11 is 0. The Morgan fingerprint density at radius 1 is 1.30 bits per heavy atom. The average Bonchev–Trinajstić information content (AvgIpc) is 2.86. The molecule has 1 aliphatic rings. The summed E-state index contributed by atoms with van der Waals surface area (Å²) in [4.78, 5) is 51.0. The van der Waals surface area contributed by atoms with Crippen LogP contribution < -0.4 is 11.4 Å². The van der Waals surface area contributed by atoms with Crippen LogP contribution in [0.4, 0.5) is 5.82 Å². The zero-order valence-electron chi connectivity index (χ0n) is 14.6. The summed E-state index contributed by atoms with van der Waals surface area (Å²) < 4.78 is 51.4. The monoisotopic (exact) mass is 491 g/mol. The molecule has 1 fully saturated rings. The number of hydrogen-bond acceptors (Lipinski definition) is 11. The molecule has 1 aromatic heterocycles. The van der Waals surface area contributed by atoms with Gasteiger partial charge in [-0.15, -0.1) is 6.42 Å². The molecule has 0 aromatic carbocycles. The summed E-state index contributed by atoms with van der Waals surface area (Å²) in [6, 6.07) is 1.23. The van der Waals surface area contributed by atoms with E-state index in [4.69, 9.17) is 31.6 Å². The Labute approximate surface area is 167 Å². The first kappa shape index (κ1) is 24.8. The van der Waals surface area contributed by atoms with Crippen LogP contribution >= 0.6 is 23.5 Å². The first-order chi connectivity index (χ1) is 13.6. The summed E-state index contributed by atoms with van der Waals surface area (Å²) in [5.74, 6) is 2.06. The summed E-state index contributed by atoms with van der Waals surface area (Å²) in [5, 5.41) is 10.1. The van der Waals surface area contributed by atoms with Crippen molar-refractivity contribution in [1.29, 1.82) is 0 Å². The third-order valence-electron chi connectivity index (χ3n) is 3.52. The molecule has 30 heavy (non-hydrogen) atoms. The van der Waals surface area contributed by atoms with E-state index in [2.05, 4.69) is 24.0 Å². The number of nitrogens with two attached hydrogens (primary N) is 1. The lowest BCUT2D eigenvalue weighted by molar-refractivity contribution is -0.0823. The average molecular weight is 491 g/mol. The number of nitrogen functional groups attached to an aromatic ring is 1. The van der Waals surface area contributed by atoms with Gasteiger partial charge in [-0.05, 0) is 12.0 Å². The zero-order valence-corrected chi connectivity index (χ0v) is 17.3. The Balaban J connectivity index is 2.12. The molecule has 0 aliphatic carbocycles. The van der Waals surface area contributed by atoms with Crippen LogP contribution in [0.1, 0.15) is 6.42 Å². The maximum absolute atomic E-state index is 12.0. The van der Waals surface area contributed by atoms with E-state index < -0.39 is 53.7 Å². The van der Waals surface area contributed by atoms with Gasteiger partial charge >= 0.3 is 29.2 Å². The minimum atomic E-state index is -5.70. The third kappa shape index (κ3) is 6.29. The number of nitrogens with zero attached hydrogens (tertiary/aromatic N) is 2. The van der Waals surface area contributed by atoms with E-state index in [1.165, 1.54) is 6.07 Å². The van der Waals surface area contributed by atoms with Crippen LogP contribution in [0.5, 0.6) is 0 Å². The standard InChI is InChI=1S/C11H16N3O13P3/c1-2-11(14-4-3-9(12)13-10(14)16)5-7(15)8(25-11)6-24-29(20,21)27-30(22,23)26-28(17,18)19/h1,3-4,7-8,15H,5-6H2,(H,20,21)(H,22,23)(H2,12,13,16)(H2,17,18,19)/t7-,8+,11+/m0/s1. The van der Waals surface area contributed by atoms with E-state index in [0.717, 1.165) is 10.8 Å². The predicted molar refractivity (Wildman–Crippen MR) is 95.0 cm³/mol. The number of aliphatic hydroxyl groups is 1. The Morgan fingerprint density at radius 2 is 1.93 bits per heavy atom. The minimum absolute atomic E-state index is 0.105. The molecule has 1 aromatic rings. The molecule has 7 N–H and O–H groups in total. The van der Waals surface area contributed by atoms with Crippen molar-refractivity contribution in [1.82, 2.24) is 9.55 Å². The van der Waals surface area contributed by atoms with Gasteiger partial charge in [0.2, 0.25) is 5.72 Å². The van der Waals surface area contributed by atoms with Crippen molar-refractivity contribution in [3.63, 3.8) is 0 Å². The number of hydrogen-bond donors (Lipinski definition) is 6. The van der Waals surface area contributed by atoms with Gasteiger partial charge in [-0.3, -0.25) is 9.09 Å². The molecule has 2 rings (SSSR count). The summed E-state index contributed by atoms with van der Waals surface area (Å²) in [7, 11) is -16.7. The molecule has 0 amide bonds. The Morgan fingerprint density at radius 3 is 2.47 bits per heavy atom. The molecule has 0 saturated carbocycles. The van der Waals surface area contributed by atoms with Gasteiger partial charge in [0.15, 0.2) is 0 Å². The first-order valence-electron chi connectivity index (χ1n) is 7.56. The third-order valence-corrected chi connectivity index (χ3v) is 7.32. The smallest absolute Gasteiger partial charge is 0.390 e. The highest BCUT2D eigenvalue weighted by Gasteiger charge is 2.49. The molecule has 2 unspecified atom stereocenters. The lowest BCUT2D eigenvalue weighted by Crippen LogP contribution is -2.41. The highest BCUT2D eigenvalue weighted by Crippen LogP contribution is 2.66. The SMILES string of the molecule is C#C[C@]1(n2ccc(N)nc2=O)C[C@H](O)[C@@H](COP(=O)(O)OP(=O)(O)OP(=O)(O)O)O1. The second-order valence-electron chi connectivity index (χ2n) is 5.75. The minimum Gasteiger partial charge on any atom is -0.390 e. The topological polar surface area (TPSA) is 250 Å². The Kier molecular flexibility index (Phi) is 7.12. The van der Waals surface area contributed by atoms with Gasteiger partial charge in [0, 0.05) is 12.6 Å². The highest BCUT2D eigenvalue weighted by atomic mass is 31.3. The van der Waals surface area contributed by atoms with Crippen molar-refractivity contribution < 1.29 is 56.3 Å². The second-order valence-corrected chi connectivity index (χ2v) is 10.2. The number of terminal acetylenes is 1. The van der Waals surface area contributed by atoms with E-state index >= 15 is 0 Å². The molecule has 0 radical (unpaired) electrons. The van der Waals surface area contributed by atoms with Crippen LogP contribution in [-0.2, 0) is 37.3 Å². The van der Waals surface area contributed by atoms with Crippen molar-refractivity contribution in [2.45, 2.75) is 24.4 Å². The summed E-state index contributed by atoms with van der Waals surface area (Å²) in [6.07, 6.45) is 3.32. The van der Waals surface area contributed by atoms with Gasteiger partial charge in [-0.1, -0.05) is 0 Å². The normalized spacial score (nSPS) is 28.4. The maximum Gasteiger partial charge on any atom is 0.490 e. The van der Waals surface area contributed by atoms with Gasteiger partial charge in [-0.25, -0.2) is 18.5 Å². The molecule has 2 heterocycles. The number of rotatable bonds is 8. The van der Waals surface area contributed by atoms with Gasteiger partial charge in [-0.2, -0.15) is 13.6 Å². The molecule has 0 spiro atoms. The van der Waals surface area contributed by atoms with Gasteiger partial charge < -0.3 is 35.2 Å². The van der Waals surface area contributed by atoms with Gasteiger partial charge in [0.25, 0.3) is 0 Å².